The van der Waals surface area contributed by atoms with Crippen molar-refractivity contribution in [3.63, 3.8) is 0 Å². The van der Waals surface area contributed by atoms with E-state index in [4.69, 9.17) is 5.73 Å². The monoisotopic (exact) mass is 381 g/mol. The number of carbonyl (C=O) groups is 2. The molecule has 2 aromatic carbocycles. The fourth-order valence-corrected chi connectivity index (χ4v) is 3.30. The van der Waals surface area contributed by atoms with Crippen molar-refractivity contribution < 1.29 is 14.7 Å². The number of hydrogen-bond donors (Lipinski definition) is 3. The summed E-state index contributed by atoms with van der Waals surface area (Å²) in [6, 6.07) is 17.6. The van der Waals surface area contributed by atoms with Crippen LogP contribution in [-0.2, 0) is 13.1 Å². The summed E-state index contributed by atoms with van der Waals surface area (Å²) in [4.78, 5) is 26.1. The lowest BCUT2D eigenvalue weighted by Gasteiger charge is -2.18. The van der Waals surface area contributed by atoms with Gasteiger partial charge >= 0.3 is 6.09 Å². The van der Waals surface area contributed by atoms with Crippen LogP contribution in [0.15, 0.2) is 66.0 Å². The molecule has 0 saturated carbocycles. The van der Waals surface area contributed by atoms with Crippen LogP contribution in [0.3, 0.4) is 0 Å². The van der Waals surface area contributed by atoms with E-state index in [2.05, 4.69) is 5.32 Å². The molecule has 0 fully saturated rings. The van der Waals surface area contributed by atoms with Gasteiger partial charge in [0.15, 0.2) is 0 Å². The maximum Gasteiger partial charge on any atom is 0.407 e. The molecule has 0 aliphatic rings. The Balaban J connectivity index is 1.65. The third-order valence-electron chi connectivity index (χ3n) is 3.93. The number of thiophene rings is 1. The Morgan fingerprint density at radius 3 is 2.44 bits per heavy atom. The van der Waals surface area contributed by atoms with E-state index in [0.717, 1.165) is 10.4 Å². The highest BCUT2D eigenvalue weighted by atomic mass is 32.1. The normalized spacial score (nSPS) is 10.4. The first kappa shape index (κ1) is 18.5. The summed E-state index contributed by atoms with van der Waals surface area (Å²) in [6.07, 6.45) is -0.980. The van der Waals surface area contributed by atoms with Gasteiger partial charge in [-0.25, -0.2) is 4.79 Å². The molecule has 0 spiro atoms. The number of rotatable bonds is 6. The second kappa shape index (κ2) is 8.37. The summed E-state index contributed by atoms with van der Waals surface area (Å²) in [5, 5.41) is 14.1. The Kier molecular flexibility index (Phi) is 5.73. The molecular weight excluding hydrogens is 362 g/mol. The molecule has 0 aliphatic heterocycles. The third kappa shape index (κ3) is 5.08. The van der Waals surface area contributed by atoms with E-state index in [0.29, 0.717) is 23.5 Å². The maximum absolute atomic E-state index is 12.3. The quantitative estimate of drug-likeness (QED) is 0.556. The maximum atomic E-state index is 12.3. The second-order valence-electron chi connectivity index (χ2n) is 5.99. The van der Waals surface area contributed by atoms with Crippen molar-refractivity contribution in [2.75, 3.05) is 11.1 Å². The molecule has 0 bridgehead atoms. The fraction of sp³-hybridized carbons (Fsp3) is 0.100. The molecule has 0 unspecified atom stereocenters. The molecule has 1 heterocycles. The number of carbonyl (C=O) groups excluding carboxylic acids is 1. The number of hydrogen-bond acceptors (Lipinski definition) is 4. The van der Waals surface area contributed by atoms with Gasteiger partial charge in [-0.1, -0.05) is 24.3 Å². The standard InChI is InChI=1S/C20H19N3O3S/c21-16-3-1-4-17(11-16)22-19(24)15-8-6-14(7-9-15)12-23(20(25)26)13-18-5-2-10-27-18/h1-11H,12-13,21H2,(H,22,24)(H,25,26). The van der Waals surface area contributed by atoms with Crippen LogP contribution >= 0.6 is 11.3 Å². The van der Waals surface area contributed by atoms with E-state index in [1.54, 1.807) is 48.5 Å². The van der Waals surface area contributed by atoms with E-state index >= 15 is 0 Å². The predicted octanol–water partition coefficient (Wildman–Crippen LogP) is 4.26. The minimum atomic E-state index is -0.980. The molecule has 27 heavy (non-hydrogen) atoms. The first-order chi connectivity index (χ1) is 13.0. The number of nitrogens with two attached hydrogens (primary N) is 1. The van der Waals surface area contributed by atoms with Crippen LogP contribution in [0.25, 0.3) is 0 Å². The SMILES string of the molecule is Nc1cccc(NC(=O)c2ccc(CN(Cc3cccs3)C(=O)O)cc2)c1. The predicted molar refractivity (Wildman–Crippen MR) is 107 cm³/mol. The lowest BCUT2D eigenvalue weighted by Crippen LogP contribution is -2.28. The van der Waals surface area contributed by atoms with Crippen molar-refractivity contribution in [1.29, 1.82) is 0 Å². The average molecular weight is 381 g/mol. The van der Waals surface area contributed by atoms with Crippen LogP contribution in [0.1, 0.15) is 20.8 Å². The van der Waals surface area contributed by atoms with E-state index in [9.17, 15) is 14.7 Å². The van der Waals surface area contributed by atoms with Crippen LogP contribution in [0.2, 0.25) is 0 Å². The molecule has 1 aromatic heterocycles. The number of nitrogens with one attached hydrogen (secondary N) is 1. The van der Waals surface area contributed by atoms with E-state index < -0.39 is 6.09 Å². The van der Waals surface area contributed by atoms with Gasteiger partial charge in [0.2, 0.25) is 0 Å². The van der Waals surface area contributed by atoms with Crippen molar-refractivity contribution in [1.82, 2.24) is 4.90 Å². The largest absolute Gasteiger partial charge is 0.465 e. The van der Waals surface area contributed by atoms with Gasteiger partial charge in [-0.15, -0.1) is 11.3 Å². The van der Waals surface area contributed by atoms with Crippen LogP contribution in [-0.4, -0.2) is 22.0 Å². The zero-order valence-corrected chi connectivity index (χ0v) is 15.3. The Morgan fingerprint density at radius 1 is 1.04 bits per heavy atom. The van der Waals surface area contributed by atoms with Crippen LogP contribution in [0.5, 0.6) is 0 Å². The van der Waals surface area contributed by atoms with Gasteiger partial charge in [-0.05, 0) is 47.3 Å². The summed E-state index contributed by atoms with van der Waals surface area (Å²) >= 11 is 1.52. The molecule has 4 N–H and O–H groups in total. The second-order valence-corrected chi connectivity index (χ2v) is 7.03. The number of carboxylic acid groups (broad SMARTS) is 1. The Labute approximate surface area is 160 Å². The third-order valence-corrected chi connectivity index (χ3v) is 4.79. The van der Waals surface area contributed by atoms with Crippen molar-refractivity contribution in [2.45, 2.75) is 13.1 Å². The Morgan fingerprint density at radius 2 is 1.81 bits per heavy atom. The van der Waals surface area contributed by atoms with E-state index in [1.165, 1.54) is 16.2 Å². The molecule has 3 rings (SSSR count). The fourth-order valence-electron chi connectivity index (χ4n) is 2.58. The molecule has 0 aliphatic carbocycles. The highest BCUT2D eigenvalue weighted by Gasteiger charge is 2.14. The average Bonchev–Trinajstić information content (AvgIpc) is 3.15. The lowest BCUT2D eigenvalue weighted by molar-refractivity contribution is 0.102. The molecule has 138 valence electrons. The van der Waals surface area contributed by atoms with Crippen LogP contribution in [0.4, 0.5) is 16.2 Å². The zero-order chi connectivity index (χ0) is 19.2. The van der Waals surface area contributed by atoms with Gasteiger partial charge in [-0.2, -0.15) is 0 Å². The Hall–Kier alpha value is -3.32. The first-order valence-corrected chi connectivity index (χ1v) is 9.15. The molecule has 0 saturated heterocycles. The number of benzene rings is 2. The van der Waals surface area contributed by atoms with Crippen LogP contribution < -0.4 is 11.1 Å². The summed E-state index contributed by atoms with van der Waals surface area (Å²) in [5.41, 5.74) is 8.20. The Bertz CT molecular complexity index is 924. The number of amides is 2. The highest BCUT2D eigenvalue weighted by Crippen LogP contribution is 2.16. The molecule has 2 amide bonds. The van der Waals surface area contributed by atoms with Crippen molar-refractivity contribution in [3.05, 3.63) is 82.0 Å². The minimum Gasteiger partial charge on any atom is -0.465 e. The van der Waals surface area contributed by atoms with Crippen molar-refractivity contribution in [2.24, 2.45) is 0 Å². The molecule has 3 aromatic rings. The van der Waals surface area contributed by atoms with Gasteiger partial charge in [0.1, 0.15) is 0 Å². The topological polar surface area (TPSA) is 95.7 Å². The van der Waals surface area contributed by atoms with Gasteiger partial charge < -0.3 is 16.2 Å². The van der Waals surface area contributed by atoms with Crippen molar-refractivity contribution in [3.8, 4) is 0 Å². The van der Waals surface area contributed by atoms with E-state index in [1.807, 2.05) is 17.5 Å². The van der Waals surface area contributed by atoms with Gasteiger partial charge in [0, 0.05) is 28.4 Å². The minimum absolute atomic E-state index is 0.249. The summed E-state index contributed by atoms with van der Waals surface area (Å²) in [7, 11) is 0. The molecule has 7 heteroatoms. The van der Waals surface area contributed by atoms with Gasteiger partial charge in [0.05, 0.1) is 6.54 Å². The van der Waals surface area contributed by atoms with Crippen molar-refractivity contribution >= 4 is 34.7 Å². The molecule has 6 nitrogen and oxygen atoms in total. The smallest absolute Gasteiger partial charge is 0.407 e. The summed E-state index contributed by atoms with van der Waals surface area (Å²) < 4.78 is 0. The lowest BCUT2D eigenvalue weighted by atomic mass is 10.1. The highest BCUT2D eigenvalue weighted by molar-refractivity contribution is 7.09. The number of nitrogen functional groups attached to an aromatic ring is 1. The summed E-state index contributed by atoms with van der Waals surface area (Å²) in [5.74, 6) is -0.249. The molecule has 0 radical (unpaired) electrons. The number of anilines is 2. The first-order valence-electron chi connectivity index (χ1n) is 8.27. The van der Waals surface area contributed by atoms with Crippen LogP contribution in [0, 0.1) is 0 Å². The van der Waals surface area contributed by atoms with Gasteiger partial charge in [-0.3, -0.25) is 9.69 Å². The molecule has 0 atom stereocenters. The zero-order valence-electron chi connectivity index (χ0n) is 14.5. The summed E-state index contributed by atoms with van der Waals surface area (Å²) in [6.45, 7) is 0.592. The molecular formula is C20H19N3O3S. The van der Waals surface area contributed by atoms with E-state index in [-0.39, 0.29) is 12.5 Å². The number of nitrogens with zero attached hydrogens (tertiary/aromatic N) is 1. The van der Waals surface area contributed by atoms with Gasteiger partial charge in [0.25, 0.3) is 5.91 Å².